The topological polar surface area (TPSA) is 36.4 Å². The van der Waals surface area contributed by atoms with Gasteiger partial charge in [0.25, 0.3) is 0 Å². The first-order valence-corrected chi connectivity index (χ1v) is 6.74. The molecule has 0 bridgehead atoms. The second-order valence-electron chi connectivity index (χ2n) is 5.13. The van der Waals surface area contributed by atoms with Gasteiger partial charge < -0.3 is 5.11 Å². The van der Waals surface area contributed by atoms with Crippen LogP contribution in [0.5, 0.6) is 0 Å². The zero-order valence-corrected chi connectivity index (χ0v) is 12.8. The lowest BCUT2D eigenvalue weighted by atomic mass is 10.1. The van der Waals surface area contributed by atoms with E-state index in [2.05, 4.69) is 9.88 Å². The third-order valence-corrected chi connectivity index (χ3v) is 3.24. The molecule has 0 fully saturated rings. The molecule has 0 unspecified atom stereocenters. The van der Waals surface area contributed by atoms with Gasteiger partial charge in [0.15, 0.2) is 0 Å². The molecule has 0 aromatic carbocycles. The lowest BCUT2D eigenvalue weighted by Gasteiger charge is -2.28. The van der Waals surface area contributed by atoms with Crippen LogP contribution in [0.4, 0.5) is 0 Å². The second-order valence-corrected chi connectivity index (χ2v) is 5.90. The highest BCUT2D eigenvalue weighted by Crippen LogP contribution is 2.25. The van der Waals surface area contributed by atoms with E-state index in [1.165, 1.54) is 0 Å². The van der Waals surface area contributed by atoms with Gasteiger partial charge in [0.1, 0.15) is 5.15 Å². The van der Waals surface area contributed by atoms with Gasteiger partial charge in [0, 0.05) is 29.4 Å². The molecule has 1 N–H and O–H groups in total. The van der Waals surface area contributed by atoms with Crippen LogP contribution in [0.2, 0.25) is 10.2 Å². The predicted octanol–water partition coefficient (Wildman–Crippen LogP) is 3.29. The lowest BCUT2D eigenvalue weighted by Crippen LogP contribution is -2.38. The molecule has 3 nitrogen and oxygen atoms in total. The Morgan fingerprint density at radius 3 is 2.44 bits per heavy atom. The number of nitrogens with zero attached hydrogens (tertiary/aromatic N) is 2. The summed E-state index contributed by atoms with van der Waals surface area (Å²) in [7, 11) is 0. The summed E-state index contributed by atoms with van der Waals surface area (Å²) < 4.78 is 0. The summed E-state index contributed by atoms with van der Waals surface area (Å²) in [5.74, 6) is 0. The lowest BCUT2D eigenvalue weighted by molar-refractivity contribution is 0.0353. The fourth-order valence-corrected chi connectivity index (χ4v) is 2.47. The van der Waals surface area contributed by atoms with Gasteiger partial charge in [-0.05, 0) is 33.4 Å². The molecule has 0 aliphatic heterocycles. The fourth-order valence-electron chi connectivity index (χ4n) is 1.81. The van der Waals surface area contributed by atoms with Crippen LogP contribution in [-0.4, -0.2) is 33.7 Å². The van der Waals surface area contributed by atoms with Crippen LogP contribution in [0, 0.1) is 6.92 Å². The molecule has 1 aromatic heterocycles. The van der Waals surface area contributed by atoms with E-state index in [0.29, 0.717) is 23.3 Å². The predicted molar refractivity (Wildman–Crippen MR) is 76.2 cm³/mol. The zero-order chi connectivity index (χ0) is 13.9. The summed E-state index contributed by atoms with van der Waals surface area (Å²) in [6.45, 7) is 9.42. The maximum absolute atomic E-state index is 9.86. The average molecular weight is 291 g/mol. The summed E-state index contributed by atoms with van der Waals surface area (Å²) in [5.41, 5.74) is 0.877. The van der Waals surface area contributed by atoms with Crippen LogP contribution in [0.1, 0.15) is 32.0 Å². The Bertz CT molecular complexity index is 393. The van der Waals surface area contributed by atoms with Crippen molar-refractivity contribution in [2.24, 2.45) is 0 Å². The molecule has 0 saturated carbocycles. The van der Waals surface area contributed by atoms with Gasteiger partial charge in [-0.1, -0.05) is 30.1 Å². The molecule has 0 saturated heterocycles. The van der Waals surface area contributed by atoms with Crippen molar-refractivity contribution >= 4 is 23.2 Å². The number of rotatable bonds is 5. The van der Waals surface area contributed by atoms with Crippen LogP contribution >= 0.6 is 23.2 Å². The normalized spacial score (nSPS) is 12.2. The van der Waals surface area contributed by atoms with Gasteiger partial charge in [-0.3, -0.25) is 4.90 Å². The second kappa shape index (κ2) is 6.20. The van der Waals surface area contributed by atoms with E-state index >= 15 is 0 Å². The molecule has 0 amide bonds. The van der Waals surface area contributed by atoms with Crippen molar-refractivity contribution in [3.8, 4) is 0 Å². The summed E-state index contributed by atoms with van der Waals surface area (Å²) >= 11 is 12.3. The highest BCUT2D eigenvalue weighted by atomic mass is 35.5. The van der Waals surface area contributed by atoms with Crippen molar-refractivity contribution in [1.82, 2.24) is 9.88 Å². The number of pyridine rings is 1. The molecule has 1 aromatic rings. The van der Waals surface area contributed by atoms with Crippen LogP contribution in [0.15, 0.2) is 6.07 Å². The molecule has 0 spiro atoms. The van der Waals surface area contributed by atoms with Crippen molar-refractivity contribution in [2.45, 2.75) is 39.8 Å². The highest BCUT2D eigenvalue weighted by molar-refractivity contribution is 6.35. The van der Waals surface area contributed by atoms with Crippen molar-refractivity contribution in [3.05, 3.63) is 27.5 Å². The van der Waals surface area contributed by atoms with E-state index in [1.807, 2.05) is 13.8 Å². The number of likely N-dealkylation sites (N-methyl/N-ethyl adjacent to an activating group) is 1. The molecule has 1 heterocycles. The summed E-state index contributed by atoms with van der Waals surface area (Å²) in [4.78, 5) is 6.30. The Morgan fingerprint density at radius 1 is 1.39 bits per heavy atom. The number of aromatic nitrogens is 1. The largest absolute Gasteiger partial charge is 0.389 e. The molecule has 1 rings (SSSR count). The van der Waals surface area contributed by atoms with Crippen LogP contribution in [0.3, 0.4) is 0 Å². The fraction of sp³-hybridized carbons (Fsp3) is 0.615. The number of aryl methyl sites for hydroxylation is 1. The first kappa shape index (κ1) is 15.7. The number of hydrogen-bond acceptors (Lipinski definition) is 3. The highest BCUT2D eigenvalue weighted by Gasteiger charge is 2.19. The Hall–Kier alpha value is -0.350. The van der Waals surface area contributed by atoms with Gasteiger partial charge >= 0.3 is 0 Å². The van der Waals surface area contributed by atoms with E-state index in [9.17, 15) is 5.11 Å². The van der Waals surface area contributed by atoms with Crippen molar-refractivity contribution in [2.75, 3.05) is 13.1 Å². The van der Waals surface area contributed by atoms with E-state index in [-0.39, 0.29) is 0 Å². The number of hydrogen-bond donors (Lipinski definition) is 1. The summed E-state index contributed by atoms with van der Waals surface area (Å²) in [5, 5.41) is 10.9. The van der Waals surface area contributed by atoms with E-state index in [0.717, 1.165) is 17.8 Å². The molecule has 0 atom stereocenters. The molecule has 0 aliphatic rings. The van der Waals surface area contributed by atoms with Gasteiger partial charge in [0.05, 0.1) is 5.60 Å². The van der Waals surface area contributed by atoms with Gasteiger partial charge in [-0.15, -0.1) is 0 Å². The minimum Gasteiger partial charge on any atom is -0.389 e. The molecule has 5 heteroatoms. The van der Waals surface area contributed by atoms with Crippen LogP contribution < -0.4 is 0 Å². The van der Waals surface area contributed by atoms with E-state index in [1.54, 1.807) is 19.9 Å². The average Bonchev–Trinajstić information content (AvgIpc) is 2.19. The quantitative estimate of drug-likeness (QED) is 0.846. The van der Waals surface area contributed by atoms with E-state index < -0.39 is 5.60 Å². The molecule has 0 aliphatic carbocycles. The smallest absolute Gasteiger partial charge is 0.135 e. The summed E-state index contributed by atoms with van der Waals surface area (Å²) in [6, 6.07) is 1.81. The van der Waals surface area contributed by atoms with Gasteiger partial charge in [-0.25, -0.2) is 4.98 Å². The minimum atomic E-state index is -0.743. The molecule has 18 heavy (non-hydrogen) atoms. The Labute approximate surface area is 119 Å². The monoisotopic (exact) mass is 290 g/mol. The molecular formula is C13H20Cl2N2O. The SMILES string of the molecule is CCN(Cc1c(Cl)cc(C)nc1Cl)CC(C)(C)O. The Kier molecular flexibility index (Phi) is 5.41. The molecule has 102 valence electrons. The molecular weight excluding hydrogens is 271 g/mol. The first-order chi connectivity index (χ1) is 8.23. The van der Waals surface area contributed by atoms with Gasteiger partial charge in [-0.2, -0.15) is 0 Å². The summed E-state index contributed by atoms with van der Waals surface area (Å²) in [6.07, 6.45) is 0. The Morgan fingerprint density at radius 2 is 2.00 bits per heavy atom. The Balaban J connectivity index is 2.89. The molecule has 0 radical (unpaired) electrons. The minimum absolute atomic E-state index is 0.439. The number of aliphatic hydroxyl groups is 1. The van der Waals surface area contributed by atoms with Crippen molar-refractivity contribution < 1.29 is 5.11 Å². The zero-order valence-electron chi connectivity index (χ0n) is 11.3. The third kappa shape index (κ3) is 4.73. The third-order valence-electron chi connectivity index (χ3n) is 2.59. The number of halogens is 2. The van der Waals surface area contributed by atoms with E-state index in [4.69, 9.17) is 23.2 Å². The van der Waals surface area contributed by atoms with Crippen LogP contribution in [0.25, 0.3) is 0 Å². The van der Waals surface area contributed by atoms with Gasteiger partial charge in [0.2, 0.25) is 0 Å². The van der Waals surface area contributed by atoms with Crippen molar-refractivity contribution in [3.63, 3.8) is 0 Å². The maximum Gasteiger partial charge on any atom is 0.135 e. The standard InChI is InChI=1S/C13H20Cl2N2O/c1-5-17(8-13(3,4)18)7-10-11(14)6-9(2)16-12(10)15/h6,18H,5,7-8H2,1-4H3. The van der Waals surface area contributed by atoms with Crippen molar-refractivity contribution in [1.29, 1.82) is 0 Å². The first-order valence-electron chi connectivity index (χ1n) is 5.99. The van der Waals surface area contributed by atoms with Crippen LogP contribution in [-0.2, 0) is 6.54 Å². The maximum atomic E-state index is 9.86.